The molecule has 0 spiro atoms. The molecule has 9 heteroatoms. The number of thioether (sulfide) groups is 1. The molecule has 0 radical (unpaired) electrons. The first-order valence-electron chi connectivity index (χ1n) is 6.27. The summed E-state index contributed by atoms with van der Waals surface area (Å²) < 4.78 is 51.2. The average Bonchev–Trinajstić information content (AvgIpc) is 2.41. The van der Waals surface area contributed by atoms with Crippen LogP contribution in [-0.2, 0) is 6.18 Å². The van der Waals surface area contributed by atoms with Gasteiger partial charge >= 0.3 is 12.2 Å². The molecule has 0 aliphatic carbocycles. The van der Waals surface area contributed by atoms with E-state index in [9.17, 15) is 22.4 Å². The van der Waals surface area contributed by atoms with Gasteiger partial charge in [0.2, 0.25) is 0 Å². The van der Waals surface area contributed by atoms with Gasteiger partial charge in [-0.25, -0.2) is 9.18 Å². The minimum absolute atomic E-state index is 0.180. The van der Waals surface area contributed by atoms with Crippen molar-refractivity contribution < 1.29 is 27.5 Å². The second kappa shape index (κ2) is 7.68. The van der Waals surface area contributed by atoms with Crippen LogP contribution < -0.4 is 10.6 Å². The molecule has 0 heterocycles. The third-order valence-corrected chi connectivity index (χ3v) is 4.10. The van der Waals surface area contributed by atoms with Crippen molar-refractivity contribution in [3.05, 3.63) is 29.6 Å². The number of anilines is 1. The highest BCUT2D eigenvalue weighted by Gasteiger charge is 2.31. The number of urea groups is 1. The van der Waals surface area contributed by atoms with Crippen LogP contribution in [0.2, 0.25) is 0 Å². The predicted molar refractivity (Wildman–Crippen MR) is 77.4 cm³/mol. The zero-order chi connectivity index (χ0) is 16.9. The van der Waals surface area contributed by atoms with Gasteiger partial charge < -0.3 is 15.7 Å². The molecule has 0 bridgehead atoms. The van der Waals surface area contributed by atoms with Crippen LogP contribution in [0.4, 0.5) is 28.0 Å². The van der Waals surface area contributed by atoms with Crippen molar-refractivity contribution >= 4 is 23.5 Å². The number of rotatable bonds is 5. The summed E-state index contributed by atoms with van der Waals surface area (Å²) in [4.78, 5) is 11.7. The number of aliphatic hydroxyl groups excluding tert-OH is 1. The van der Waals surface area contributed by atoms with E-state index in [0.717, 1.165) is 0 Å². The summed E-state index contributed by atoms with van der Waals surface area (Å²) in [6.07, 6.45) is -2.89. The summed E-state index contributed by atoms with van der Waals surface area (Å²) in [6.45, 7) is 1.44. The van der Waals surface area contributed by atoms with E-state index in [2.05, 4.69) is 5.32 Å². The standard InChI is InChI=1S/C13H16F4N2O2S/c1-7(11(6-20)22-2)18-12(21)19-10-5-8(13(15,16)17)3-4-9(10)14/h3-5,7,11,20H,6H2,1-2H3,(H2,18,19,21)/t7-,11-/m1/s1. The van der Waals surface area contributed by atoms with Crippen LogP contribution in [0.3, 0.4) is 0 Å². The lowest BCUT2D eigenvalue weighted by molar-refractivity contribution is -0.137. The Morgan fingerprint density at radius 2 is 2.05 bits per heavy atom. The van der Waals surface area contributed by atoms with Gasteiger partial charge in [-0.1, -0.05) is 0 Å². The molecule has 2 amide bonds. The Kier molecular flexibility index (Phi) is 6.48. The highest BCUT2D eigenvalue weighted by molar-refractivity contribution is 7.99. The Balaban J connectivity index is 2.80. The van der Waals surface area contributed by atoms with Crippen LogP contribution in [0, 0.1) is 5.82 Å². The first-order chi connectivity index (χ1) is 10.2. The molecule has 4 nitrogen and oxygen atoms in total. The maximum Gasteiger partial charge on any atom is 0.416 e. The normalized spacial score (nSPS) is 14.3. The molecule has 0 aliphatic rings. The summed E-state index contributed by atoms with van der Waals surface area (Å²) in [5, 5.41) is 13.3. The van der Waals surface area contributed by atoms with E-state index in [0.29, 0.717) is 18.2 Å². The number of aliphatic hydroxyl groups is 1. The molecule has 1 rings (SSSR count). The monoisotopic (exact) mass is 340 g/mol. The largest absolute Gasteiger partial charge is 0.416 e. The van der Waals surface area contributed by atoms with Crippen molar-refractivity contribution in [2.75, 3.05) is 18.2 Å². The lowest BCUT2D eigenvalue weighted by Crippen LogP contribution is -2.43. The molecule has 0 aliphatic heterocycles. The number of amides is 2. The van der Waals surface area contributed by atoms with Gasteiger partial charge in [0.05, 0.1) is 17.9 Å². The molecule has 124 valence electrons. The van der Waals surface area contributed by atoms with Crippen molar-refractivity contribution in [2.24, 2.45) is 0 Å². The number of benzene rings is 1. The number of halogens is 4. The maximum absolute atomic E-state index is 13.5. The van der Waals surface area contributed by atoms with E-state index >= 15 is 0 Å². The number of nitrogens with one attached hydrogen (secondary N) is 2. The quantitative estimate of drug-likeness (QED) is 0.722. The third kappa shape index (κ3) is 5.06. The Bertz CT molecular complexity index is 521. The second-order valence-corrected chi connectivity index (χ2v) is 5.61. The van der Waals surface area contributed by atoms with E-state index in [1.165, 1.54) is 11.8 Å². The van der Waals surface area contributed by atoms with Gasteiger partial charge in [-0.05, 0) is 31.4 Å². The fraction of sp³-hybridized carbons (Fsp3) is 0.462. The van der Waals surface area contributed by atoms with Crippen molar-refractivity contribution in [1.29, 1.82) is 0 Å². The zero-order valence-electron chi connectivity index (χ0n) is 11.9. The first kappa shape index (κ1) is 18.6. The molecule has 2 atom stereocenters. The maximum atomic E-state index is 13.5. The molecule has 0 fully saturated rings. The van der Waals surface area contributed by atoms with E-state index in [1.807, 2.05) is 5.32 Å². The topological polar surface area (TPSA) is 61.4 Å². The molecule has 0 saturated carbocycles. The molecule has 1 aromatic carbocycles. The van der Waals surface area contributed by atoms with Gasteiger partial charge in [0, 0.05) is 11.3 Å². The van der Waals surface area contributed by atoms with Gasteiger partial charge in [0.1, 0.15) is 5.82 Å². The summed E-state index contributed by atoms with van der Waals surface area (Å²) in [6, 6.07) is 0.459. The van der Waals surface area contributed by atoms with Gasteiger partial charge in [-0.2, -0.15) is 24.9 Å². The molecular formula is C13H16F4N2O2S. The fourth-order valence-corrected chi connectivity index (χ4v) is 2.32. The summed E-state index contributed by atoms with van der Waals surface area (Å²) >= 11 is 1.32. The number of carbonyl (C=O) groups excluding carboxylic acids is 1. The Morgan fingerprint density at radius 1 is 1.41 bits per heavy atom. The van der Waals surface area contributed by atoms with Gasteiger partial charge in [0.25, 0.3) is 0 Å². The van der Waals surface area contributed by atoms with Crippen LogP contribution in [0.25, 0.3) is 0 Å². The predicted octanol–water partition coefficient (Wildman–Crippen LogP) is 3.08. The number of hydrogen-bond donors (Lipinski definition) is 3. The summed E-state index contributed by atoms with van der Waals surface area (Å²) in [5.74, 6) is -0.973. The fourth-order valence-electron chi connectivity index (χ4n) is 1.69. The lowest BCUT2D eigenvalue weighted by atomic mass is 10.2. The highest BCUT2D eigenvalue weighted by atomic mass is 32.2. The summed E-state index contributed by atoms with van der Waals surface area (Å²) in [7, 11) is 0. The molecule has 0 unspecified atom stereocenters. The van der Waals surface area contributed by atoms with E-state index in [1.54, 1.807) is 13.2 Å². The van der Waals surface area contributed by atoms with Crippen molar-refractivity contribution in [2.45, 2.75) is 24.4 Å². The van der Waals surface area contributed by atoms with Crippen LogP contribution >= 0.6 is 11.8 Å². The number of alkyl halides is 3. The molecule has 22 heavy (non-hydrogen) atoms. The molecular weight excluding hydrogens is 324 g/mol. The minimum atomic E-state index is -4.63. The molecule has 1 aromatic rings. The van der Waals surface area contributed by atoms with Crippen molar-refractivity contribution in [3.63, 3.8) is 0 Å². The third-order valence-electron chi connectivity index (χ3n) is 2.94. The Hall–Kier alpha value is -1.48. The van der Waals surface area contributed by atoms with E-state index in [4.69, 9.17) is 5.11 Å². The van der Waals surface area contributed by atoms with Gasteiger partial charge in [-0.3, -0.25) is 0 Å². The van der Waals surface area contributed by atoms with Gasteiger partial charge in [-0.15, -0.1) is 0 Å². The minimum Gasteiger partial charge on any atom is -0.395 e. The van der Waals surface area contributed by atoms with E-state index < -0.39 is 35.3 Å². The highest BCUT2D eigenvalue weighted by Crippen LogP contribution is 2.31. The average molecular weight is 340 g/mol. The molecule has 0 saturated heterocycles. The Morgan fingerprint density at radius 3 is 2.55 bits per heavy atom. The van der Waals surface area contributed by atoms with Crippen LogP contribution in [0.15, 0.2) is 18.2 Å². The second-order valence-electron chi connectivity index (χ2n) is 4.54. The lowest BCUT2D eigenvalue weighted by Gasteiger charge is -2.21. The Labute approximate surface area is 129 Å². The number of hydrogen-bond acceptors (Lipinski definition) is 3. The number of carbonyl (C=O) groups is 1. The molecule has 0 aromatic heterocycles. The van der Waals surface area contributed by atoms with Crippen LogP contribution in [0.1, 0.15) is 12.5 Å². The van der Waals surface area contributed by atoms with Crippen LogP contribution in [-0.4, -0.2) is 35.3 Å². The van der Waals surface area contributed by atoms with Crippen molar-refractivity contribution in [3.8, 4) is 0 Å². The van der Waals surface area contributed by atoms with Crippen molar-refractivity contribution in [1.82, 2.24) is 5.32 Å². The first-order valence-corrected chi connectivity index (χ1v) is 7.55. The zero-order valence-corrected chi connectivity index (χ0v) is 12.7. The van der Waals surface area contributed by atoms with E-state index in [-0.39, 0.29) is 11.9 Å². The smallest absolute Gasteiger partial charge is 0.395 e. The van der Waals surface area contributed by atoms with Gasteiger partial charge in [0.15, 0.2) is 0 Å². The summed E-state index contributed by atoms with van der Waals surface area (Å²) in [5.41, 5.74) is -1.63. The van der Waals surface area contributed by atoms with Crippen LogP contribution in [0.5, 0.6) is 0 Å². The SMILES string of the molecule is CS[C@H](CO)[C@@H](C)NC(=O)Nc1cc(C(F)(F)F)ccc1F. The molecule has 3 N–H and O–H groups in total.